The molecule has 0 amide bonds. The first-order chi connectivity index (χ1) is 21.2. The van der Waals surface area contributed by atoms with Crippen molar-refractivity contribution in [2.45, 2.75) is 148 Å². The van der Waals surface area contributed by atoms with Crippen LogP contribution < -0.4 is 9.80 Å². The standard InChI is InChI=1S/C39H53Br2N2P/c1-25-21-27(3)35(28(4)22-25)42-37(40)38(41)43(36-29(5)23-26(2)24-30(36)6)39(42)33-19-13-14-20-34(33)44(31-15-9-7-10-16-31)32-17-11-8-12-18-32/h21-24,31-32,34H,7-20H2,1-6H3. The predicted molar refractivity (Wildman–Crippen MR) is 201 cm³/mol. The molecule has 0 saturated heterocycles. The molecular weight excluding hydrogens is 687 g/mol. The highest BCUT2D eigenvalue weighted by atomic mass is 79.9. The fourth-order valence-electron chi connectivity index (χ4n) is 9.37. The number of rotatable bonds is 5. The van der Waals surface area contributed by atoms with Gasteiger partial charge in [-0.3, -0.25) is 9.80 Å². The summed E-state index contributed by atoms with van der Waals surface area (Å²) in [6, 6.07) is 9.50. The van der Waals surface area contributed by atoms with Gasteiger partial charge in [0.2, 0.25) is 0 Å². The summed E-state index contributed by atoms with van der Waals surface area (Å²) in [6.07, 6.45) is 19.9. The zero-order valence-corrected chi connectivity index (χ0v) is 32.1. The molecular formula is C39H53Br2N2P. The number of halogens is 2. The molecule has 1 atom stereocenters. The minimum Gasteiger partial charge on any atom is -0.287 e. The maximum atomic E-state index is 4.20. The van der Waals surface area contributed by atoms with Gasteiger partial charge >= 0.3 is 0 Å². The second kappa shape index (κ2) is 13.9. The average Bonchev–Trinajstić information content (AvgIpc) is 3.23. The molecule has 3 aliphatic carbocycles. The zero-order valence-electron chi connectivity index (χ0n) is 28.0. The van der Waals surface area contributed by atoms with E-state index in [-0.39, 0.29) is 7.92 Å². The summed E-state index contributed by atoms with van der Waals surface area (Å²) in [5.41, 5.74) is 15.2. The van der Waals surface area contributed by atoms with Gasteiger partial charge in [-0.05, 0) is 157 Å². The minimum absolute atomic E-state index is 0.0763. The lowest BCUT2D eigenvalue weighted by Gasteiger charge is -2.46. The fourth-order valence-corrected chi connectivity index (χ4v) is 15.0. The summed E-state index contributed by atoms with van der Waals surface area (Å²) >= 11 is 8.40. The summed E-state index contributed by atoms with van der Waals surface area (Å²) in [7, 11) is -0.0763. The number of nitrogens with zero attached hydrogens (tertiary/aromatic N) is 2. The zero-order chi connectivity index (χ0) is 31.1. The van der Waals surface area contributed by atoms with E-state index in [1.165, 1.54) is 140 Å². The van der Waals surface area contributed by atoms with Crippen LogP contribution in [0, 0.1) is 41.5 Å². The molecule has 0 bridgehead atoms. The minimum atomic E-state index is -0.0763. The first kappa shape index (κ1) is 32.8. The molecule has 1 unspecified atom stereocenters. The predicted octanol–water partition coefficient (Wildman–Crippen LogP) is 13.1. The Morgan fingerprint density at radius 2 is 0.932 bits per heavy atom. The molecule has 238 valence electrons. The highest BCUT2D eigenvalue weighted by molar-refractivity contribution is 9.14. The molecule has 3 saturated carbocycles. The lowest BCUT2D eigenvalue weighted by Crippen LogP contribution is -2.35. The fraction of sp³-hybridized carbons (Fsp3) is 0.590. The number of allylic oxidation sites excluding steroid dienone is 1. The first-order valence-electron chi connectivity index (χ1n) is 17.5. The van der Waals surface area contributed by atoms with E-state index in [0.717, 1.165) is 26.2 Å². The van der Waals surface area contributed by atoms with Crippen LogP contribution in [0.15, 0.2) is 44.9 Å². The quantitative estimate of drug-likeness (QED) is 0.222. The molecule has 2 aromatic carbocycles. The summed E-state index contributed by atoms with van der Waals surface area (Å²) in [4.78, 5) is 5.24. The van der Waals surface area contributed by atoms with Gasteiger partial charge in [0, 0.05) is 5.66 Å². The van der Waals surface area contributed by atoms with E-state index in [1.54, 1.807) is 5.57 Å². The summed E-state index contributed by atoms with van der Waals surface area (Å²) in [5, 5.41) is 0. The largest absolute Gasteiger partial charge is 0.287 e. The van der Waals surface area contributed by atoms with Crippen LogP contribution in [0.3, 0.4) is 0 Å². The van der Waals surface area contributed by atoms with Crippen molar-refractivity contribution in [2.24, 2.45) is 0 Å². The second-order valence-corrected chi connectivity index (χ2v) is 18.9. The third kappa shape index (κ3) is 6.27. The van der Waals surface area contributed by atoms with Gasteiger partial charge in [0.25, 0.3) is 0 Å². The van der Waals surface area contributed by atoms with Gasteiger partial charge in [-0.1, -0.05) is 88.3 Å². The van der Waals surface area contributed by atoms with Crippen molar-refractivity contribution in [3.8, 4) is 0 Å². The van der Waals surface area contributed by atoms with Crippen molar-refractivity contribution in [3.05, 3.63) is 78.3 Å². The second-order valence-electron chi connectivity index (χ2n) is 14.4. The Bertz CT molecular complexity index is 1310. The molecule has 0 spiro atoms. The number of aryl methyl sites for hydroxylation is 6. The molecule has 0 aromatic heterocycles. The molecule has 5 heteroatoms. The normalized spacial score (nSPS) is 22.6. The molecule has 6 rings (SSSR count). The Hall–Kier alpha value is -1.09. The van der Waals surface area contributed by atoms with Crippen molar-refractivity contribution in [2.75, 3.05) is 9.80 Å². The van der Waals surface area contributed by atoms with Crippen molar-refractivity contribution < 1.29 is 0 Å². The molecule has 1 heterocycles. The number of benzene rings is 2. The molecule has 0 radical (unpaired) electrons. The topological polar surface area (TPSA) is 6.48 Å². The monoisotopic (exact) mass is 738 g/mol. The van der Waals surface area contributed by atoms with Crippen LogP contribution in [-0.4, -0.2) is 17.0 Å². The van der Waals surface area contributed by atoms with Gasteiger partial charge in [0.1, 0.15) is 15.0 Å². The average molecular weight is 741 g/mol. The van der Waals surface area contributed by atoms with Crippen molar-refractivity contribution in [1.29, 1.82) is 0 Å². The van der Waals surface area contributed by atoms with E-state index in [4.69, 9.17) is 0 Å². The first-order valence-corrected chi connectivity index (χ1v) is 20.6. The van der Waals surface area contributed by atoms with Crippen LogP contribution in [-0.2, 0) is 0 Å². The van der Waals surface area contributed by atoms with Gasteiger partial charge in [-0.25, -0.2) is 0 Å². The van der Waals surface area contributed by atoms with E-state index in [1.807, 2.05) is 0 Å². The third-order valence-electron chi connectivity index (χ3n) is 10.9. The van der Waals surface area contributed by atoms with Gasteiger partial charge in [0.05, 0.1) is 11.4 Å². The molecule has 3 fully saturated rings. The maximum Gasteiger partial charge on any atom is 0.123 e. The summed E-state index contributed by atoms with van der Waals surface area (Å²) in [5.74, 6) is 1.43. The van der Waals surface area contributed by atoms with E-state index in [9.17, 15) is 0 Å². The Labute approximate surface area is 286 Å². The van der Waals surface area contributed by atoms with Gasteiger partial charge < -0.3 is 0 Å². The third-order valence-corrected chi connectivity index (χ3v) is 16.9. The Kier molecular flexibility index (Phi) is 10.4. The van der Waals surface area contributed by atoms with Crippen molar-refractivity contribution in [3.63, 3.8) is 0 Å². The highest BCUT2D eigenvalue weighted by Crippen LogP contribution is 2.64. The van der Waals surface area contributed by atoms with Gasteiger partial charge in [-0.15, -0.1) is 0 Å². The lowest BCUT2D eigenvalue weighted by atomic mass is 9.92. The molecule has 4 aliphatic rings. The van der Waals surface area contributed by atoms with Crippen LogP contribution >= 0.6 is 39.8 Å². The van der Waals surface area contributed by atoms with Crippen molar-refractivity contribution in [1.82, 2.24) is 0 Å². The van der Waals surface area contributed by atoms with Gasteiger partial charge in [-0.2, -0.15) is 0 Å². The Morgan fingerprint density at radius 1 is 0.545 bits per heavy atom. The SMILES string of the molecule is Cc1cc(C)c(N2C(Br)=C(Br)N(c3c(C)cc(C)cc3C)C2=C2CCCCC2P(C2CCCCC2)C2CCCCC2)c(C)c1. The molecule has 2 nitrogen and oxygen atoms in total. The molecule has 2 aromatic rings. The number of hydrogen-bond donors (Lipinski definition) is 0. The number of hydrogen-bond acceptors (Lipinski definition) is 2. The molecule has 1 aliphatic heterocycles. The van der Waals surface area contributed by atoms with E-state index in [0.29, 0.717) is 0 Å². The Morgan fingerprint density at radius 3 is 1.34 bits per heavy atom. The van der Waals surface area contributed by atoms with Crippen LogP contribution in [0.2, 0.25) is 0 Å². The highest BCUT2D eigenvalue weighted by Gasteiger charge is 2.44. The maximum absolute atomic E-state index is 4.20. The van der Waals surface area contributed by atoms with E-state index in [2.05, 4.69) is 107 Å². The van der Waals surface area contributed by atoms with Crippen LogP contribution in [0.5, 0.6) is 0 Å². The van der Waals surface area contributed by atoms with Crippen molar-refractivity contribution >= 4 is 51.2 Å². The summed E-state index contributed by atoms with van der Waals surface area (Å²) < 4.78 is 2.27. The Balaban J connectivity index is 1.60. The van der Waals surface area contributed by atoms with Gasteiger partial charge in [0.15, 0.2) is 0 Å². The lowest BCUT2D eigenvalue weighted by molar-refractivity contribution is 0.476. The smallest absolute Gasteiger partial charge is 0.123 e. The molecule has 0 N–H and O–H groups in total. The number of anilines is 2. The van der Waals surface area contributed by atoms with Crippen LogP contribution in [0.25, 0.3) is 0 Å². The van der Waals surface area contributed by atoms with E-state index >= 15 is 0 Å². The van der Waals surface area contributed by atoms with Crippen LogP contribution in [0.4, 0.5) is 11.4 Å². The summed E-state index contributed by atoms with van der Waals surface area (Å²) in [6.45, 7) is 13.7. The van der Waals surface area contributed by atoms with Crippen LogP contribution in [0.1, 0.15) is 123 Å². The van der Waals surface area contributed by atoms with E-state index < -0.39 is 0 Å². The molecule has 44 heavy (non-hydrogen) atoms.